The highest BCUT2D eigenvalue weighted by molar-refractivity contribution is 5.82. The molecule has 1 saturated carbocycles. The van der Waals surface area contributed by atoms with Gasteiger partial charge in [0.05, 0.1) is 0 Å². The molecule has 3 amide bonds. The Bertz CT molecular complexity index is 749. The molecule has 0 atom stereocenters. The van der Waals surface area contributed by atoms with Crippen LogP contribution in [0.25, 0.3) is 0 Å². The maximum Gasteiger partial charge on any atom is 0.260 e. The van der Waals surface area contributed by atoms with Crippen LogP contribution in [0.1, 0.15) is 38.5 Å². The molecule has 3 fully saturated rings. The van der Waals surface area contributed by atoms with Crippen molar-refractivity contribution >= 4 is 17.7 Å². The van der Waals surface area contributed by atoms with Gasteiger partial charge in [-0.3, -0.25) is 14.4 Å². The summed E-state index contributed by atoms with van der Waals surface area (Å²) in [4.78, 5) is 41.0. The summed E-state index contributed by atoms with van der Waals surface area (Å²) in [5.74, 6) is 1.27. The SMILES string of the molecule is O=C(NC1CCN(C(=O)C2CCN(C(=O)COc3ccccc3)CC2)CC1)C1CC1. The molecule has 0 spiro atoms. The van der Waals surface area contributed by atoms with E-state index in [1.807, 2.05) is 35.2 Å². The maximum atomic E-state index is 12.9. The Morgan fingerprint density at radius 2 is 1.47 bits per heavy atom. The van der Waals surface area contributed by atoms with Crippen LogP contribution in [0.5, 0.6) is 5.75 Å². The Kier molecular flexibility index (Phi) is 6.55. The van der Waals surface area contributed by atoms with E-state index in [0.29, 0.717) is 44.8 Å². The van der Waals surface area contributed by atoms with Crippen LogP contribution in [0.3, 0.4) is 0 Å². The average molecular weight is 414 g/mol. The number of likely N-dealkylation sites (tertiary alicyclic amines) is 2. The fraction of sp³-hybridized carbons (Fsp3) is 0.609. The van der Waals surface area contributed by atoms with Gasteiger partial charge in [-0.2, -0.15) is 0 Å². The normalized spacial score (nSPS) is 20.7. The molecule has 2 saturated heterocycles. The van der Waals surface area contributed by atoms with E-state index in [2.05, 4.69) is 5.32 Å². The lowest BCUT2D eigenvalue weighted by Crippen LogP contribution is -2.50. The minimum absolute atomic E-state index is 0.0123. The van der Waals surface area contributed by atoms with Crippen molar-refractivity contribution in [3.8, 4) is 5.75 Å². The Labute approximate surface area is 177 Å². The first-order chi connectivity index (χ1) is 14.6. The fourth-order valence-electron chi connectivity index (χ4n) is 4.30. The number of piperidine rings is 2. The van der Waals surface area contributed by atoms with E-state index in [-0.39, 0.29) is 42.2 Å². The highest BCUT2D eigenvalue weighted by atomic mass is 16.5. The Hall–Kier alpha value is -2.57. The number of carbonyl (C=O) groups is 3. The lowest BCUT2D eigenvalue weighted by atomic mass is 9.93. The molecule has 2 heterocycles. The summed E-state index contributed by atoms with van der Waals surface area (Å²) in [6, 6.07) is 9.52. The van der Waals surface area contributed by atoms with Crippen molar-refractivity contribution in [3.63, 3.8) is 0 Å². The average Bonchev–Trinajstić information content (AvgIpc) is 3.64. The highest BCUT2D eigenvalue weighted by Crippen LogP contribution is 2.29. The lowest BCUT2D eigenvalue weighted by molar-refractivity contribution is -0.142. The summed E-state index contributed by atoms with van der Waals surface area (Å²) in [5, 5.41) is 3.13. The van der Waals surface area contributed by atoms with Crippen LogP contribution in [-0.4, -0.2) is 66.3 Å². The molecule has 0 aromatic heterocycles. The zero-order valence-corrected chi connectivity index (χ0v) is 17.4. The standard InChI is InChI=1S/C23H31N3O4/c27-21(16-30-20-4-2-1-3-5-20)25-12-8-18(9-13-25)23(29)26-14-10-19(11-15-26)24-22(28)17-6-7-17/h1-5,17-19H,6-16H2,(H,24,28). The molecule has 0 radical (unpaired) electrons. The summed E-state index contributed by atoms with van der Waals surface area (Å²) in [6.45, 7) is 2.64. The first kappa shape index (κ1) is 20.7. The van der Waals surface area contributed by atoms with Crippen LogP contribution in [0, 0.1) is 11.8 Å². The highest BCUT2D eigenvalue weighted by Gasteiger charge is 2.34. The van der Waals surface area contributed by atoms with Gasteiger partial charge < -0.3 is 19.9 Å². The first-order valence-electron chi connectivity index (χ1n) is 11.1. The monoisotopic (exact) mass is 413 g/mol. The van der Waals surface area contributed by atoms with Crippen LogP contribution in [0.15, 0.2) is 30.3 Å². The molecule has 1 aromatic rings. The number of amides is 3. The van der Waals surface area contributed by atoms with Crippen molar-refractivity contribution in [3.05, 3.63) is 30.3 Å². The minimum atomic E-state index is -0.0306. The molecular weight excluding hydrogens is 382 g/mol. The van der Waals surface area contributed by atoms with Gasteiger partial charge in [-0.05, 0) is 50.7 Å². The molecule has 3 aliphatic rings. The second-order valence-corrected chi connectivity index (χ2v) is 8.64. The number of carbonyl (C=O) groups excluding carboxylic acids is 3. The first-order valence-corrected chi connectivity index (χ1v) is 11.1. The molecule has 0 unspecified atom stereocenters. The summed E-state index contributed by atoms with van der Waals surface area (Å²) in [7, 11) is 0. The number of nitrogens with zero attached hydrogens (tertiary/aromatic N) is 2. The lowest BCUT2D eigenvalue weighted by Gasteiger charge is -2.37. The second-order valence-electron chi connectivity index (χ2n) is 8.64. The predicted molar refractivity (Wildman–Crippen MR) is 112 cm³/mol. The number of benzene rings is 1. The van der Waals surface area contributed by atoms with Crippen LogP contribution in [0.2, 0.25) is 0 Å². The van der Waals surface area contributed by atoms with Gasteiger partial charge in [0.15, 0.2) is 6.61 Å². The molecular formula is C23H31N3O4. The van der Waals surface area contributed by atoms with E-state index in [1.54, 1.807) is 4.90 Å². The molecule has 4 rings (SSSR count). The molecule has 7 nitrogen and oxygen atoms in total. The number of hydrogen-bond donors (Lipinski definition) is 1. The zero-order chi connectivity index (χ0) is 20.9. The Morgan fingerprint density at radius 3 is 2.10 bits per heavy atom. The van der Waals surface area contributed by atoms with Gasteiger partial charge in [-0.1, -0.05) is 18.2 Å². The fourth-order valence-corrected chi connectivity index (χ4v) is 4.30. The van der Waals surface area contributed by atoms with Crippen molar-refractivity contribution in [2.45, 2.75) is 44.6 Å². The minimum Gasteiger partial charge on any atom is -0.484 e. The third kappa shape index (κ3) is 5.32. The van der Waals surface area contributed by atoms with E-state index in [4.69, 9.17) is 4.74 Å². The van der Waals surface area contributed by atoms with E-state index >= 15 is 0 Å². The van der Waals surface area contributed by atoms with Gasteiger partial charge in [0, 0.05) is 44.1 Å². The van der Waals surface area contributed by atoms with Crippen LogP contribution in [-0.2, 0) is 14.4 Å². The summed E-state index contributed by atoms with van der Waals surface area (Å²) in [6.07, 6.45) is 5.10. The smallest absolute Gasteiger partial charge is 0.260 e. The van der Waals surface area contributed by atoms with E-state index in [9.17, 15) is 14.4 Å². The van der Waals surface area contributed by atoms with Crippen LogP contribution >= 0.6 is 0 Å². The number of rotatable bonds is 6. The zero-order valence-electron chi connectivity index (χ0n) is 17.4. The molecule has 2 aliphatic heterocycles. The summed E-state index contributed by atoms with van der Waals surface area (Å²) in [5.41, 5.74) is 0. The van der Waals surface area contributed by atoms with Crippen molar-refractivity contribution in [2.24, 2.45) is 11.8 Å². The van der Waals surface area contributed by atoms with E-state index < -0.39 is 0 Å². The maximum absolute atomic E-state index is 12.9. The Morgan fingerprint density at radius 1 is 0.833 bits per heavy atom. The predicted octanol–water partition coefficient (Wildman–Crippen LogP) is 1.82. The van der Waals surface area contributed by atoms with Gasteiger partial charge in [-0.25, -0.2) is 0 Å². The quantitative estimate of drug-likeness (QED) is 0.772. The third-order valence-corrected chi connectivity index (χ3v) is 6.40. The molecule has 1 aliphatic carbocycles. The van der Waals surface area contributed by atoms with Gasteiger partial charge in [0.25, 0.3) is 5.91 Å². The molecule has 1 N–H and O–H groups in total. The summed E-state index contributed by atoms with van der Waals surface area (Å²) >= 11 is 0. The van der Waals surface area contributed by atoms with Crippen LogP contribution < -0.4 is 10.1 Å². The van der Waals surface area contributed by atoms with Crippen molar-refractivity contribution in [2.75, 3.05) is 32.8 Å². The van der Waals surface area contributed by atoms with Gasteiger partial charge >= 0.3 is 0 Å². The molecule has 1 aromatic carbocycles. The van der Waals surface area contributed by atoms with Gasteiger partial charge in [-0.15, -0.1) is 0 Å². The van der Waals surface area contributed by atoms with Crippen molar-refractivity contribution < 1.29 is 19.1 Å². The largest absolute Gasteiger partial charge is 0.484 e. The van der Waals surface area contributed by atoms with Gasteiger partial charge in [0.2, 0.25) is 11.8 Å². The molecule has 162 valence electrons. The van der Waals surface area contributed by atoms with Crippen molar-refractivity contribution in [1.29, 1.82) is 0 Å². The molecule has 30 heavy (non-hydrogen) atoms. The van der Waals surface area contributed by atoms with Crippen molar-refractivity contribution in [1.82, 2.24) is 15.1 Å². The number of para-hydroxylation sites is 1. The van der Waals surface area contributed by atoms with E-state index in [0.717, 1.165) is 25.7 Å². The number of hydrogen-bond acceptors (Lipinski definition) is 4. The summed E-state index contributed by atoms with van der Waals surface area (Å²) < 4.78 is 5.55. The Balaban J connectivity index is 1.16. The third-order valence-electron chi connectivity index (χ3n) is 6.40. The number of nitrogens with one attached hydrogen (secondary N) is 1. The second kappa shape index (κ2) is 9.49. The van der Waals surface area contributed by atoms with E-state index in [1.165, 1.54) is 0 Å². The molecule has 0 bridgehead atoms. The van der Waals surface area contributed by atoms with Gasteiger partial charge in [0.1, 0.15) is 5.75 Å². The molecule has 7 heteroatoms. The van der Waals surface area contributed by atoms with Crippen LogP contribution in [0.4, 0.5) is 0 Å². The number of ether oxygens (including phenoxy) is 1. The topological polar surface area (TPSA) is 79.0 Å².